The molecule has 1 aromatic carbocycles. The summed E-state index contributed by atoms with van der Waals surface area (Å²) in [6.45, 7) is 2.73. The normalized spacial score (nSPS) is 12.1. The van der Waals surface area contributed by atoms with Crippen molar-refractivity contribution in [1.82, 2.24) is 9.97 Å². The number of rotatable bonds is 7. The maximum atomic E-state index is 9.72. The fourth-order valence-electron chi connectivity index (χ4n) is 2.93. The van der Waals surface area contributed by atoms with Gasteiger partial charge in [0.15, 0.2) is 0 Å². The van der Waals surface area contributed by atoms with Gasteiger partial charge in [0, 0.05) is 47.7 Å². The summed E-state index contributed by atoms with van der Waals surface area (Å²) in [5, 5.41) is 14.2. The lowest BCUT2D eigenvalue weighted by Crippen LogP contribution is -2.21. The summed E-state index contributed by atoms with van der Waals surface area (Å²) < 4.78 is 5.42. The molecule has 0 aliphatic rings. The SMILES string of the molecule is COc1cccc2c(NCC(CO)Cc3ccccn3)cc(C)nc12. The molecule has 2 N–H and O–H groups in total. The third-order valence-corrected chi connectivity index (χ3v) is 4.21. The molecule has 3 rings (SSSR count). The number of methoxy groups -OCH3 is 1. The average Bonchev–Trinajstić information content (AvgIpc) is 2.65. The largest absolute Gasteiger partial charge is 0.494 e. The van der Waals surface area contributed by atoms with Gasteiger partial charge in [0.25, 0.3) is 0 Å². The smallest absolute Gasteiger partial charge is 0.145 e. The number of aromatic nitrogens is 2. The monoisotopic (exact) mass is 337 g/mol. The molecule has 0 bridgehead atoms. The average molecular weight is 337 g/mol. The number of nitrogens with one attached hydrogen (secondary N) is 1. The van der Waals surface area contributed by atoms with Crippen LogP contribution in [0.15, 0.2) is 48.7 Å². The van der Waals surface area contributed by atoms with Gasteiger partial charge >= 0.3 is 0 Å². The number of aliphatic hydroxyl groups excluding tert-OH is 1. The second kappa shape index (κ2) is 7.94. The van der Waals surface area contributed by atoms with Gasteiger partial charge in [-0.3, -0.25) is 4.98 Å². The number of pyridine rings is 2. The Bertz CT molecular complexity index is 837. The standard InChI is InChI=1S/C20H23N3O2/c1-14-10-18(17-7-5-8-19(25-2)20(17)23-14)22-12-15(13-24)11-16-6-3-4-9-21-16/h3-10,15,24H,11-13H2,1-2H3,(H,22,23). The fraction of sp³-hybridized carbons (Fsp3) is 0.300. The van der Waals surface area contributed by atoms with E-state index in [-0.39, 0.29) is 12.5 Å². The van der Waals surface area contributed by atoms with E-state index in [9.17, 15) is 5.11 Å². The number of hydrogen-bond acceptors (Lipinski definition) is 5. The summed E-state index contributed by atoms with van der Waals surface area (Å²) in [6.07, 6.45) is 2.51. The molecule has 0 fully saturated rings. The van der Waals surface area contributed by atoms with Crippen molar-refractivity contribution in [3.8, 4) is 5.75 Å². The first-order chi connectivity index (χ1) is 12.2. The first-order valence-corrected chi connectivity index (χ1v) is 8.40. The van der Waals surface area contributed by atoms with Gasteiger partial charge in [-0.15, -0.1) is 0 Å². The van der Waals surface area contributed by atoms with E-state index in [0.29, 0.717) is 6.54 Å². The number of para-hydroxylation sites is 1. The van der Waals surface area contributed by atoms with Gasteiger partial charge < -0.3 is 15.2 Å². The highest BCUT2D eigenvalue weighted by molar-refractivity contribution is 5.95. The highest BCUT2D eigenvalue weighted by Crippen LogP contribution is 2.30. The first-order valence-electron chi connectivity index (χ1n) is 8.40. The zero-order chi connectivity index (χ0) is 17.6. The van der Waals surface area contributed by atoms with Gasteiger partial charge in [-0.1, -0.05) is 18.2 Å². The van der Waals surface area contributed by atoms with E-state index in [4.69, 9.17) is 4.74 Å². The molecule has 130 valence electrons. The number of aryl methyl sites for hydroxylation is 1. The highest BCUT2D eigenvalue weighted by Gasteiger charge is 2.12. The van der Waals surface area contributed by atoms with Crippen molar-refractivity contribution in [1.29, 1.82) is 0 Å². The van der Waals surface area contributed by atoms with Crippen LogP contribution in [0.25, 0.3) is 10.9 Å². The number of benzene rings is 1. The molecule has 25 heavy (non-hydrogen) atoms. The molecule has 0 aliphatic heterocycles. The zero-order valence-electron chi connectivity index (χ0n) is 14.6. The lowest BCUT2D eigenvalue weighted by molar-refractivity contribution is 0.232. The van der Waals surface area contributed by atoms with E-state index in [2.05, 4.69) is 15.3 Å². The molecule has 5 heteroatoms. The summed E-state index contributed by atoms with van der Waals surface area (Å²) >= 11 is 0. The summed E-state index contributed by atoms with van der Waals surface area (Å²) in [5.74, 6) is 0.848. The number of aliphatic hydroxyl groups is 1. The van der Waals surface area contributed by atoms with E-state index < -0.39 is 0 Å². The minimum absolute atomic E-state index is 0.0871. The van der Waals surface area contributed by atoms with Crippen LogP contribution in [-0.4, -0.2) is 35.3 Å². The molecule has 2 aromatic heterocycles. The molecule has 1 atom stereocenters. The van der Waals surface area contributed by atoms with Crippen LogP contribution in [-0.2, 0) is 6.42 Å². The van der Waals surface area contributed by atoms with E-state index in [1.165, 1.54) is 0 Å². The van der Waals surface area contributed by atoms with Crippen molar-refractivity contribution in [2.45, 2.75) is 13.3 Å². The van der Waals surface area contributed by atoms with Crippen LogP contribution in [0.3, 0.4) is 0 Å². The summed E-state index contributed by atoms with van der Waals surface area (Å²) in [5.41, 5.74) is 3.75. The van der Waals surface area contributed by atoms with Gasteiger partial charge in [-0.2, -0.15) is 0 Å². The van der Waals surface area contributed by atoms with Gasteiger partial charge in [-0.05, 0) is 37.6 Å². The molecule has 0 amide bonds. The minimum Gasteiger partial charge on any atom is -0.494 e. The van der Waals surface area contributed by atoms with E-state index in [0.717, 1.165) is 40.1 Å². The Morgan fingerprint density at radius 1 is 1.20 bits per heavy atom. The van der Waals surface area contributed by atoms with Crippen LogP contribution in [0.5, 0.6) is 5.75 Å². The molecule has 2 heterocycles. The second-order valence-electron chi connectivity index (χ2n) is 6.12. The highest BCUT2D eigenvalue weighted by atomic mass is 16.5. The Morgan fingerprint density at radius 3 is 2.80 bits per heavy atom. The predicted octanol–water partition coefficient (Wildman–Crippen LogP) is 3.21. The number of ether oxygens (including phenoxy) is 1. The van der Waals surface area contributed by atoms with Crippen LogP contribution < -0.4 is 10.1 Å². The third-order valence-electron chi connectivity index (χ3n) is 4.21. The molecule has 0 saturated heterocycles. The third kappa shape index (κ3) is 4.06. The van der Waals surface area contributed by atoms with Crippen molar-refractivity contribution in [2.75, 3.05) is 25.6 Å². The number of fused-ring (bicyclic) bond motifs is 1. The summed E-state index contributed by atoms with van der Waals surface area (Å²) in [6, 6.07) is 13.8. The Balaban J connectivity index is 1.80. The van der Waals surface area contributed by atoms with Crippen molar-refractivity contribution < 1.29 is 9.84 Å². The Hall–Kier alpha value is -2.66. The minimum atomic E-state index is 0.0871. The van der Waals surface area contributed by atoms with Crippen LogP contribution in [0.2, 0.25) is 0 Å². The Kier molecular flexibility index (Phi) is 5.46. The molecular weight excluding hydrogens is 314 g/mol. The van der Waals surface area contributed by atoms with Crippen molar-refractivity contribution in [3.63, 3.8) is 0 Å². The fourth-order valence-corrected chi connectivity index (χ4v) is 2.93. The molecule has 5 nitrogen and oxygen atoms in total. The summed E-state index contributed by atoms with van der Waals surface area (Å²) in [7, 11) is 1.65. The van der Waals surface area contributed by atoms with Gasteiger partial charge in [0.05, 0.1) is 7.11 Å². The molecule has 0 saturated carbocycles. The van der Waals surface area contributed by atoms with Crippen LogP contribution in [0, 0.1) is 12.8 Å². The lowest BCUT2D eigenvalue weighted by atomic mass is 10.0. The first kappa shape index (κ1) is 17.2. The number of anilines is 1. The van der Waals surface area contributed by atoms with E-state index in [1.807, 2.05) is 49.4 Å². The van der Waals surface area contributed by atoms with Gasteiger partial charge in [-0.25, -0.2) is 4.98 Å². The summed E-state index contributed by atoms with van der Waals surface area (Å²) in [4.78, 5) is 8.94. The van der Waals surface area contributed by atoms with Crippen molar-refractivity contribution in [3.05, 3.63) is 60.0 Å². The molecule has 0 aliphatic carbocycles. The molecule has 0 spiro atoms. The second-order valence-corrected chi connectivity index (χ2v) is 6.12. The number of nitrogens with zero attached hydrogens (tertiary/aromatic N) is 2. The topological polar surface area (TPSA) is 67.3 Å². The number of hydrogen-bond donors (Lipinski definition) is 2. The lowest BCUT2D eigenvalue weighted by Gasteiger charge is -2.17. The molecule has 1 unspecified atom stereocenters. The molecule has 3 aromatic rings. The van der Waals surface area contributed by atoms with Crippen molar-refractivity contribution >= 4 is 16.6 Å². The van der Waals surface area contributed by atoms with Crippen LogP contribution in [0.1, 0.15) is 11.4 Å². The van der Waals surface area contributed by atoms with E-state index >= 15 is 0 Å². The molecular formula is C20H23N3O2. The Morgan fingerprint density at radius 2 is 2.08 bits per heavy atom. The zero-order valence-corrected chi connectivity index (χ0v) is 14.6. The van der Waals surface area contributed by atoms with Gasteiger partial charge in [0.1, 0.15) is 11.3 Å². The van der Waals surface area contributed by atoms with E-state index in [1.54, 1.807) is 13.3 Å². The maximum Gasteiger partial charge on any atom is 0.145 e. The maximum absolute atomic E-state index is 9.72. The molecule has 0 radical (unpaired) electrons. The van der Waals surface area contributed by atoms with Crippen LogP contribution >= 0.6 is 0 Å². The van der Waals surface area contributed by atoms with Crippen molar-refractivity contribution in [2.24, 2.45) is 5.92 Å². The Labute approximate surface area is 147 Å². The van der Waals surface area contributed by atoms with Crippen LogP contribution in [0.4, 0.5) is 5.69 Å². The van der Waals surface area contributed by atoms with Gasteiger partial charge in [0.2, 0.25) is 0 Å². The predicted molar refractivity (Wildman–Crippen MR) is 100 cm³/mol. The quantitative estimate of drug-likeness (QED) is 0.693.